The van der Waals surface area contributed by atoms with Crippen LogP contribution in [-0.2, 0) is 11.3 Å². The summed E-state index contributed by atoms with van der Waals surface area (Å²) in [4.78, 5) is 0. The van der Waals surface area contributed by atoms with Gasteiger partial charge in [0.05, 0.1) is 13.7 Å². The molecule has 2 rings (SSSR count). The lowest BCUT2D eigenvalue weighted by Crippen LogP contribution is -1.92. The fraction of sp³-hybridized carbons (Fsp3) is 0.200. The second kappa shape index (κ2) is 5.51. The van der Waals surface area contributed by atoms with Crippen LogP contribution in [0.15, 0.2) is 42.5 Å². The van der Waals surface area contributed by atoms with Gasteiger partial charge in [0.2, 0.25) is 0 Å². The molecule has 2 aromatic carbocycles. The third-order valence-electron chi connectivity index (χ3n) is 2.63. The molecule has 0 fully saturated rings. The van der Waals surface area contributed by atoms with Crippen LogP contribution in [0.4, 0.5) is 0 Å². The molecule has 2 nitrogen and oxygen atoms in total. The Morgan fingerprint density at radius 3 is 2.47 bits per heavy atom. The molecule has 2 heteroatoms. The molecule has 0 atom stereocenters. The molecule has 0 amide bonds. The summed E-state index contributed by atoms with van der Waals surface area (Å²) < 4.78 is 10.3. The van der Waals surface area contributed by atoms with E-state index in [-0.39, 0.29) is 0 Å². The molecule has 0 saturated carbocycles. The maximum Gasteiger partial charge on any atom is 0.118 e. The first-order chi connectivity index (χ1) is 8.35. The monoisotopic (exact) mass is 227 g/mol. The van der Waals surface area contributed by atoms with E-state index in [9.17, 15) is 0 Å². The molecule has 2 aromatic rings. The Labute approximate surface area is 102 Å². The van der Waals surface area contributed by atoms with Crippen molar-refractivity contribution in [1.29, 1.82) is 0 Å². The highest BCUT2D eigenvalue weighted by molar-refractivity contribution is 5.67. The summed E-state index contributed by atoms with van der Waals surface area (Å²) in [6.45, 7) is 0.572. The minimum Gasteiger partial charge on any atom is -0.497 e. The zero-order chi connectivity index (χ0) is 12.1. The number of hydrogen-bond donors (Lipinski definition) is 0. The van der Waals surface area contributed by atoms with Gasteiger partial charge in [-0.1, -0.05) is 30.3 Å². The first-order valence-electron chi connectivity index (χ1n) is 5.48. The zero-order valence-corrected chi connectivity index (χ0v) is 10.1. The van der Waals surface area contributed by atoms with Crippen LogP contribution in [-0.4, -0.2) is 14.2 Å². The predicted octanol–water partition coefficient (Wildman–Crippen LogP) is 3.31. The molecule has 0 aliphatic rings. The summed E-state index contributed by atoms with van der Waals surface area (Å²) in [5.41, 5.74) is 3.37. The van der Waals surface area contributed by atoms with E-state index < -0.39 is 0 Å². The van der Waals surface area contributed by atoms with E-state index in [4.69, 9.17) is 9.47 Å². The van der Waals surface area contributed by atoms with Crippen LogP contribution in [0.2, 0.25) is 0 Å². The normalized spacial score (nSPS) is 10.2. The average molecular weight is 227 g/mol. The van der Waals surface area contributed by atoms with Crippen LogP contribution in [0.5, 0.6) is 5.75 Å². The maximum absolute atomic E-state index is 5.18. The first-order valence-corrected chi connectivity index (χ1v) is 5.48. The molecule has 0 aliphatic heterocycles. The van der Waals surface area contributed by atoms with Crippen LogP contribution in [0, 0.1) is 6.07 Å². The number of rotatable bonds is 4. The first kappa shape index (κ1) is 11.7. The molecule has 87 valence electrons. The van der Waals surface area contributed by atoms with Crippen molar-refractivity contribution >= 4 is 0 Å². The highest BCUT2D eigenvalue weighted by Gasteiger charge is 2.04. The molecule has 0 heterocycles. The number of ether oxygens (including phenoxy) is 2. The third-order valence-corrected chi connectivity index (χ3v) is 2.63. The van der Waals surface area contributed by atoms with E-state index >= 15 is 0 Å². The Kier molecular flexibility index (Phi) is 3.78. The van der Waals surface area contributed by atoms with Crippen molar-refractivity contribution in [2.75, 3.05) is 14.2 Å². The molecule has 0 saturated heterocycles. The summed E-state index contributed by atoms with van der Waals surface area (Å²) in [7, 11) is 3.36. The van der Waals surface area contributed by atoms with Crippen molar-refractivity contribution in [2.45, 2.75) is 6.61 Å². The number of hydrogen-bond acceptors (Lipinski definition) is 2. The van der Waals surface area contributed by atoms with Gasteiger partial charge in [0.15, 0.2) is 0 Å². The number of methoxy groups -OCH3 is 2. The van der Waals surface area contributed by atoms with Crippen LogP contribution in [0.1, 0.15) is 5.56 Å². The predicted molar refractivity (Wildman–Crippen MR) is 68.0 cm³/mol. The number of benzene rings is 2. The van der Waals surface area contributed by atoms with Gasteiger partial charge >= 0.3 is 0 Å². The van der Waals surface area contributed by atoms with Gasteiger partial charge in [-0.05, 0) is 34.9 Å². The molecule has 0 bridgehead atoms. The van der Waals surface area contributed by atoms with Crippen LogP contribution in [0.25, 0.3) is 11.1 Å². The molecule has 0 unspecified atom stereocenters. The second-order valence-electron chi connectivity index (χ2n) is 3.72. The zero-order valence-electron chi connectivity index (χ0n) is 10.1. The lowest BCUT2D eigenvalue weighted by atomic mass is 10.0. The van der Waals surface area contributed by atoms with Gasteiger partial charge in [-0.2, -0.15) is 0 Å². The fourth-order valence-electron chi connectivity index (χ4n) is 1.78. The summed E-state index contributed by atoms with van der Waals surface area (Å²) >= 11 is 0. The Balaban J connectivity index is 2.37. The minimum atomic E-state index is 0.572. The van der Waals surface area contributed by atoms with Crippen molar-refractivity contribution in [3.05, 3.63) is 54.1 Å². The smallest absolute Gasteiger partial charge is 0.118 e. The molecule has 17 heavy (non-hydrogen) atoms. The van der Waals surface area contributed by atoms with E-state index in [2.05, 4.69) is 12.1 Å². The van der Waals surface area contributed by atoms with Gasteiger partial charge in [-0.15, -0.1) is 0 Å². The third kappa shape index (κ3) is 2.66. The maximum atomic E-state index is 5.18. The van der Waals surface area contributed by atoms with Crippen molar-refractivity contribution in [3.63, 3.8) is 0 Å². The molecule has 1 radical (unpaired) electrons. The lowest BCUT2D eigenvalue weighted by molar-refractivity contribution is 0.185. The highest BCUT2D eigenvalue weighted by Crippen LogP contribution is 2.25. The van der Waals surface area contributed by atoms with Gasteiger partial charge in [0.25, 0.3) is 0 Å². The van der Waals surface area contributed by atoms with Crippen molar-refractivity contribution < 1.29 is 9.47 Å². The van der Waals surface area contributed by atoms with Gasteiger partial charge in [-0.25, -0.2) is 0 Å². The van der Waals surface area contributed by atoms with Gasteiger partial charge < -0.3 is 9.47 Å². The largest absolute Gasteiger partial charge is 0.497 e. The SMILES string of the molecule is COCc1[c]cccc1-c1ccc(OC)cc1. The molecular weight excluding hydrogens is 212 g/mol. The standard InChI is InChI=1S/C15H15O2/c1-16-11-13-5-3-4-6-15(13)12-7-9-14(17-2)10-8-12/h3-4,6-10H,11H2,1-2H3. The fourth-order valence-corrected chi connectivity index (χ4v) is 1.78. The summed E-state index contributed by atoms with van der Waals surface area (Å²) in [6.07, 6.45) is 0. The van der Waals surface area contributed by atoms with E-state index in [1.807, 2.05) is 36.4 Å². The van der Waals surface area contributed by atoms with Crippen molar-refractivity contribution in [3.8, 4) is 16.9 Å². The molecule has 0 aromatic heterocycles. The van der Waals surface area contributed by atoms with Gasteiger partial charge in [-0.3, -0.25) is 0 Å². The summed E-state index contributed by atoms with van der Waals surface area (Å²) in [6, 6.07) is 17.2. The van der Waals surface area contributed by atoms with Crippen LogP contribution < -0.4 is 4.74 Å². The molecule has 0 N–H and O–H groups in total. The second-order valence-corrected chi connectivity index (χ2v) is 3.72. The topological polar surface area (TPSA) is 18.5 Å². The van der Waals surface area contributed by atoms with Crippen LogP contribution in [0.3, 0.4) is 0 Å². The quantitative estimate of drug-likeness (QED) is 0.797. The Morgan fingerprint density at radius 2 is 1.82 bits per heavy atom. The summed E-state index contributed by atoms with van der Waals surface area (Å²) in [5.74, 6) is 0.863. The van der Waals surface area contributed by atoms with E-state index in [1.165, 1.54) is 0 Å². The lowest BCUT2D eigenvalue weighted by Gasteiger charge is -2.09. The average Bonchev–Trinajstić information content (AvgIpc) is 2.40. The van der Waals surface area contributed by atoms with Gasteiger partial charge in [0.1, 0.15) is 5.75 Å². The van der Waals surface area contributed by atoms with Crippen LogP contribution >= 0.6 is 0 Å². The Bertz CT molecular complexity index is 475. The van der Waals surface area contributed by atoms with E-state index in [0.717, 1.165) is 22.4 Å². The molecule has 0 aliphatic carbocycles. The summed E-state index contributed by atoms with van der Waals surface area (Å²) in [5, 5.41) is 0. The molecular formula is C15H15O2. The van der Waals surface area contributed by atoms with E-state index in [0.29, 0.717) is 6.61 Å². The van der Waals surface area contributed by atoms with Gasteiger partial charge in [0, 0.05) is 7.11 Å². The van der Waals surface area contributed by atoms with Crippen molar-refractivity contribution in [2.24, 2.45) is 0 Å². The Morgan fingerprint density at radius 1 is 1.06 bits per heavy atom. The Hall–Kier alpha value is -1.80. The van der Waals surface area contributed by atoms with E-state index in [1.54, 1.807) is 14.2 Å². The van der Waals surface area contributed by atoms with Crippen molar-refractivity contribution in [1.82, 2.24) is 0 Å². The minimum absolute atomic E-state index is 0.572. The molecule has 0 spiro atoms. The highest BCUT2D eigenvalue weighted by atomic mass is 16.5.